The molecule has 1 amide bonds. The van der Waals surface area contributed by atoms with Crippen LogP contribution in [0.4, 0.5) is 15.9 Å². The third-order valence-electron chi connectivity index (χ3n) is 5.65. The summed E-state index contributed by atoms with van der Waals surface area (Å²) in [5.74, 6) is -1.12. The number of likely N-dealkylation sites (tertiary alicyclic amines) is 1. The lowest BCUT2D eigenvalue weighted by Gasteiger charge is -2.40. The van der Waals surface area contributed by atoms with Crippen LogP contribution >= 0.6 is 0 Å². The van der Waals surface area contributed by atoms with Crippen molar-refractivity contribution in [1.29, 1.82) is 5.26 Å². The molecule has 32 heavy (non-hydrogen) atoms. The molecule has 1 aliphatic heterocycles. The highest BCUT2D eigenvalue weighted by Crippen LogP contribution is 2.35. The second-order valence-electron chi connectivity index (χ2n) is 7.72. The quantitative estimate of drug-likeness (QED) is 0.537. The van der Waals surface area contributed by atoms with Gasteiger partial charge < -0.3 is 11.1 Å². The first kappa shape index (κ1) is 21.3. The maximum Gasteiger partial charge on any atom is 0.254 e. The molecule has 0 bridgehead atoms. The Balaban J connectivity index is 1.57. The van der Waals surface area contributed by atoms with Crippen LogP contribution in [-0.2, 0) is 12.1 Å². The van der Waals surface area contributed by atoms with Gasteiger partial charge >= 0.3 is 0 Å². The molecule has 0 aliphatic carbocycles. The molecule has 0 saturated carbocycles. The van der Waals surface area contributed by atoms with E-state index in [4.69, 9.17) is 5.73 Å². The van der Waals surface area contributed by atoms with Crippen molar-refractivity contribution < 1.29 is 9.18 Å². The molecule has 0 unspecified atom stereocenters. The Morgan fingerprint density at radius 2 is 2.09 bits per heavy atom. The fourth-order valence-corrected chi connectivity index (χ4v) is 3.91. The predicted octanol–water partition coefficient (Wildman–Crippen LogP) is 1.95. The highest BCUT2D eigenvalue weighted by Gasteiger charge is 2.38. The maximum atomic E-state index is 13.5. The fourth-order valence-electron chi connectivity index (χ4n) is 3.91. The first-order chi connectivity index (χ1) is 15.5. The number of nitrogens with zero attached hydrogens (tertiary/aromatic N) is 7. The van der Waals surface area contributed by atoms with Crippen molar-refractivity contribution in [2.45, 2.75) is 31.3 Å². The Kier molecular flexibility index (Phi) is 6.04. The van der Waals surface area contributed by atoms with Gasteiger partial charge in [0.2, 0.25) is 5.95 Å². The number of amides is 1. The average molecular weight is 435 g/mol. The van der Waals surface area contributed by atoms with E-state index in [9.17, 15) is 14.4 Å². The van der Waals surface area contributed by atoms with Gasteiger partial charge in [-0.25, -0.2) is 4.98 Å². The van der Waals surface area contributed by atoms with Crippen LogP contribution in [0.25, 0.3) is 0 Å². The van der Waals surface area contributed by atoms with Crippen molar-refractivity contribution in [2.24, 2.45) is 5.73 Å². The summed E-state index contributed by atoms with van der Waals surface area (Å²) in [5, 5.41) is 17.0. The number of carbonyl (C=O) groups is 1. The van der Waals surface area contributed by atoms with Crippen molar-refractivity contribution in [3.8, 4) is 6.07 Å². The number of piperidine rings is 1. The van der Waals surface area contributed by atoms with Gasteiger partial charge in [0.1, 0.15) is 5.56 Å². The van der Waals surface area contributed by atoms with Gasteiger partial charge in [0, 0.05) is 62.4 Å². The monoisotopic (exact) mass is 435 g/mol. The van der Waals surface area contributed by atoms with E-state index < -0.39 is 17.4 Å². The topological polar surface area (TPSA) is 139 Å². The Bertz CT molecular complexity index is 1130. The van der Waals surface area contributed by atoms with Gasteiger partial charge in [-0.05, 0) is 18.9 Å². The normalized spacial score (nSPS) is 15.8. The number of carbonyl (C=O) groups excluding carboxylic acids is 1. The van der Waals surface area contributed by atoms with Crippen LogP contribution in [0.3, 0.4) is 0 Å². The van der Waals surface area contributed by atoms with E-state index in [1.807, 2.05) is 0 Å². The van der Waals surface area contributed by atoms with Crippen LogP contribution in [-0.4, -0.2) is 48.6 Å². The number of pyridine rings is 1. The van der Waals surface area contributed by atoms with Crippen molar-refractivity contribution in [1.82, 2.24) is 29.6 Å². The van der Waals surface area contributed by atoms with Crippen molar-refractivity contribution in [3.05, 3.63) is 60.3 Å². The van der Waals surface area contributed by atoms with Crippen LogP contribution in [0.15, 0.2) is 43.1 Å². The highest BCUT2D eigenvalue weighted by molar-refractivity contribution is 5.98. The number of primary amides is 1. The lowest BCUT2D eigenvalue weighted by Crippen LogP contribution is -2.46. The average Bonchev–Trinajstić information content (AvgIpc) is 3.21. The van der Waals surface area contributed by atoms with E-state index in [0.717, 1.165) is 18.8 Å². The first-order valence-electron chi connectivity index (χ1n) is 10.1. The molecule has 4 rings (SSSR count). The van der Waals surface area contributed by atoms with Gasteiger partial charge in [0.05, 0.1) is 23.7 Å². The molecule has 11 heteroatoms. The number of nitriles is 1. The maximum absolute atomic E-state index is 13.5. The van der Waals surface area contributed by atoms with E-state index in [-0.39, 0.29) is 17.8 Å². The molecule has 10 nitrogen and oxygen atoms in total. The van der Waals surface area contributed by atoms with Gasteiger partial charge in [-0.1, -0.05) is 0 Å². The number of hydrogen-bond acceptors (Lipinski definition) is 8. The molecule has 1 saturated heterocycles. The summed E-state index contributed by atoms with van der Waals surface area (Å²) >= 11 is 0. The summed E-state index contributed by atoms with van der Waals surface area (Å²) in [4.78, 5) is 26.2. The highest BCUT2D eigenvalue weighted by atomic mass is 19.1. The van der Waals surface area contributed by atoms with Crippen LogP contribution in [0.1, 0.15) is 35.3 Å². The predicted molar refractivity (Wildman–Crippen MR) is 113 cm³/mol. The molecule has 4 heterocycles. The van der Waals surface area contributed by atoms with Crippen LogP contribution in [0.2, 0.25) is 0 Å². The number of aromatic nitrogens is 5. The molecule has 3 aromatic heterocycles. The Labute approximate surface area is 183 Å². The fraction of sp³-hybridized carbons (Fsp3) is 0.333. The lowest BCUT2D eigenvalue weighted by molar-refractivity contribution is 0.0960. The molecular weight excluding hydrogens is 413 g/mol. The Morgan fingerprint density at radius 1 is 1.28 bits per heavy atom. The molecule has 1 fully saturated rings. The number of hydrogen-bond donors (Lipinski definition) is 2. The molecule has 0 spiro atoms. The molecule has 3 N–H and O–H groups in total. The minimum atomic E-state index is -0.666. The van der Waals surface area contributed by atoms with Gasteiger partial charge in [-0.3, -0.25) is 24.3 Å². The zero-order valence-corrected chi connectivity index (χ0v) is 17.3. The van der Waals surface area contributed by atoms with E-state index in [0.29, 0.717) is 25.1 Å². The summed E-state index contributed by atoms with van der Waals surface area (Å²) < 4.78 is 15.1. The van der Waals surface area contributed by atoms with Crippen LogP contribution in [0.5, 0.6) is 0 Å². The SMILES string of the molecule is N#CCC1(n2cc(C(N)=O)c(Nc3ccnc(F)c3)n2)CCN(Cc2cnccn2)CC1. The lowest BCUT2D eigenvalue weighted by atomic mass is 9.85. The summed E-state index contributed by atoms with van der Waals surface area (Å²) in [5.41, 5.74) is 6.42. The number of anilines is 2. The molecule has 1 aliphatic rings. The number of halogens is 1. The Hall–Kier alpha value is -3.91. The van der Waals surface area contributed by atoms with E-state index in [2.05, 4.69) is 36.3 Å². The van der Waals surface area contributed by atoms with E-state index >= 15 is 0 Å². The van der Waals surface area contributed by atoms with E-state index in [1.54, 1.807) is 35.5 Å². The zero-order chi connectivity index (χ0) is 22.6. The Morgan fingerprint density at radius 3 is 2.75 bits per heavy atom. The first-order valence-corrected chi connectivity index (χ1v) is 10.1. The van der Waals surface area contributed by atoms with Gasteiger partial charge in [0.15, 0.2) is 5.82 Å². The number of rotatable bonds is 7. The molecule has 0 radical (unpaired) electrons. The van der Waals surface area contributed by atoms with Gasteiger partial charge in [0.25, 0.3) is 5.91 Å². The minimum Gasteiger partial charge on any atom is -0.365 e. The molecule has 0 aromatic carbocycles. The van der Waals surface area contributed by atoms with Gasteiger partial charge in [-0.2, -0.15) is 14.8 Å². The second-order valence-corrected chi connectivity index (χ2v) is 7.72. The van der Waals surface area contributed by atoms with Crippen molar-refractivity contribution in [3.63, 3.8) is 0 Å². The summed E-state index contributed by atoms with van der Waals surface area (Å²) in [7, 11) is 0. The minimum absolute atomic E-state index is 0.168. The molecule has 0 atom stereocenters. The molecule has 3 aromatic rings. The second kappa shape index (κ2) is 9.07. The van der Waals surface area contributed by atoms with Crippen LogP contribution < -0.4 is 11.1 Å². The number of nitrogens with one attached hydrogen (secondary N) is 1. The zero-order valence-electron chi connectivity index (χ0n) is 17.3. The smallest absolute Gasteiger partial charge is 0.254 e. The largest absolute Gasteiger partial charge is 0.365 e. The van der Waals surface area contributed by atoms with Crippen LogP contribution in [0, 0.1) is 17.3 Å². The van der Waals surface area contributed by atoms with E-state index in [1.165, 1.54) is 12.3 Å². The molecule has 164 valence electrons. The van der Waals surface area contributed by atoms with Crippen molar-refractivity contribution in [2.75, 3.05) is 18.4 Å². The summed E-state index contributed by atoms with van der Waals surface area (Å²) in [6.07, 6.45) is 9.46. The summed E-state index contributed by atoms with van der Waals surface area (Å²) in [6, 6.07) is 5.01. The molecular formula is C21H22FN9O. The third kappa shape index (κ3) is 4.55. The third-order valence-corrected chi connectivity index (χ3v) is 5.65. The summed E-state index contributed by atoms with van der Waals surface area (Å²) in [6.45, 7) is 2.12. The number of nitrogens with two attached hydrogens (primary N) is 1. The van der Waals surface area contributed by atoms with Gasteiger partial charge in [-0.15, -0.1) is 0 Å². The van der Waals surface area contributed by atoms with Crippen molar-refractivity contribution >= 4 is 17.4 Å². The standard InChI is InChI=1S/C21H22FN9O/c22-18-11-15(1-6-27-18)28-20-17(19(24)32)14-31(29-20)21(2-5-23)3-9-30(10-4-21)13-16-12-25-7-8-26-16/h1,6-8,11-12,14H,2-4,9-10,13H2,(H2,24,32)(H,27,28,29).